The fourth-order valence-corrected chi connectivity index (χ4v) is 3.40. The molecule has 2 aromatic rings. The Balaban J connectivity index is 1.49. The molecule has 1 aromatic carbocycles. The second-order valence-corrected chi connectivity index (χ2v) is 6.90. The van der Waals surface area contributed by atoms with Crippen molar-refractivity contribution in [1.29, 1.82) is 0 Å². The number of thiocarbonyl (C=S) groups is 1. The molecule has 1 N–H and O–H groups in total. The smallest absolute Gasteiger partial charge is 0.173 e. The van der Waals surface area contributed by atoms with E-state index in [1.807, 2.05) is 28.9 Å². The van der Waals surface area contributed by atoms with Gasteiger partial charge in [0.05, 0.1) is 12.8 Å². The molecule has 0 spiro atoms. The predicted molar refractivity (Wildman–Crippen MR) is 109 cm³/mol. The standard InChI is InChI=1S/C19H27N5OS/c1-4-24-14-16(15(2)21-24)13-22-9-11-23(12-10-22)19(26)20-17-5-7-18(25-3)8-6-17/h5-8,14H,4,9-13H2,1-3H3,(H,20,26). The summed E-state index contributed by atoms with van der Waals surface area (Å²) in [6, 6.07) is 7.83. The van der Waals surface area contributed by atoms with E-state index in [4.69, 9.17) is 17.0 Å². The van der Waals surface area contributed by atoms with Gasteiger partial charge in [0.25, 0.3) is 0 Å². The summed E-state index contributed by atoms with van der Waals surface area (Å²) >= 11 is 5.58. The minimum Gasteiger partial charge on any atom is -0.497 e. The number of piperazine rings is 1. The van der Waals surface area contributed by atoms with Gasteiger partial charge in [-0.2, -0.15) is 5.10 Å². The molecule has 0 saturated carbocycles. The van der Waals surface area contributed by atoms with Gasteiger partial charge in [0.2, 0.25) is 0 Å². The molecule has 1 fully saturated rings. The van der Waals surface area contributed by atoms with Gasteiger partial charge in [0.1, 0.15) is 5.75 Å². The van der Waals surface area contributed by atoms with E-state index in [9.17, 15) is 0 Å². The van der Waals surface area contributed by atoms with Crippen LogP contribution in [0.4, 0.5) is 5.69 Å². The van der Waals surface area contributed by atoms with Crippen LogP contribution in [0.1, 0.15) is 18.2 Å². The normalized spacial score (nSPS) is 15.1. The maximum absolute atomic E-state index is 5.58. The van der Waals surface area contributed by atoms with Crippen molar-refractivity contribution in [2.24, 2.45) is 0 Å². The van der Waals surface area contributed by atoms with Gasteiger partial charge in [-0.25, -0.2) is 0 Å². The maximum Gasteiger partial charge on any atom is 0.173 e. The Morgan fingerprint density at radius 1 is 1.19 bits per heavy atom. The molecular formula is C19H27N5OS. The summed E-state index contributed by atoms with van der Waals surface area (Å²) in [7, 11) is 1.67. The lowest BCUT2D eigenvalue weighted by Gasteiger charge is -2.36. The summed E-state index contributed by atoms with van der Waals surface area (Å²) < 4.78 is 7.19. The molecule has 1 aromatic heterocycles. The molecule has 0 atom stereocenters. The van der Waals surface area contributed by atoms with Crippen LogP contribution >= 0.6 is 12.2 Å². The molecule has 0 amide bonds. The SMILES string of the molecule is CCn1cc(CN2CCN(C(=S)Nc3ccc(OC)cc3)CC2)c(C)n1. The third-order valence-electron chi connectivity index (χ3n) is 4.77. The number of hydrogen-bond donors (Lipinski definition) is 1. The van der Waals surface area contributed by atoms with Crippen molar-refractivity contribution in [2.45, 2.75) is 26.9 Å². The third-order valence-corrected chi connectivity index (χ3v) is 5.13. The molecular weight excluding hydrogens is 346 g/mol. The van der Waals surface area contributed by atoms with Crippen LogP contribution in [-0.2, 0) is 13.1 Å². The summed E-state index contributed by atoms with van der Waals surface area (Å²) in [5, 5.41) is 8.64. The van der Waals surface area contributed by atoms with Crippen LogP contribution in [0, 0.1) is 6.92 Å². The van der Waals surface area contributed by atoms with Crippen molar-refractivity contribution in [3.05, 3.63) is 41.7 Å². The van der Waals surface area contributed by atoms with Gasteiger partial charge in [0, 0.05) is 56.7 Å². The van der Waals surface area contributed by atoms with E-state index in [2.05, 4.69) is 40.3 Å². The molecule has 3 rings (SSSR count). The maximum atomic E-state index is 5.58. The molecule has 6 nitrogen and oxygen atoms in total. The van der Waals surface area contributed by atoms with Gasteiger partial charge in [-0.15, -0.1) is 0 Å². The monoisotopic (exact) mass is 373 g/mol. The van der Waals surface area contributed by atoms with E-state index in [1.165, 1.54) is 5.56 Å². The Morgan fingerprint density at radius 3 is 2.46 bits per heavy atom. The van der Waals surface area contributed by atoms with Crippen LogP contribution in [0.15, 0.2) is 30.5 Å². The van der Waals surface area contributed by atoms with Crippen molar-refractivity contribution >= 4 is 23.0 Å². The van der Waals surface area contributed by atoms with E-state index >= 15 is 0 Å². The van der Waals surface area contributed by atoms with Crippen molar-refractivity contribution in [2.75, 3.05) is 38.6 Å². The van der Waals surface area contributed by atoms with Gasteiger partial charge < -0.3 is 15.0 Å². The van der Waals surface area contributed by atoms with E-state index < -0.39 is 0 Å². The topological polar surface area (TPSA) is 45.6 Å². The molecule has 140 valence electrons. The van der Waals surface area contributed by atoms with E-state index in [0.29, 0.717) is 0 Å². The number of anilines is 1. The average molecular weight is 374 g/mol. The van der Waals surface area contributed by atoms with Crippen LogP contribution in [0.5, 0.6) is 5.75 Å². The lowest BCUT2D eigenvalue weighted by molar-refractivity contribution is 0.176. The zero-order valence-electron chi connectivity index (χ0n) is 15.7. The molecule has 1 aliphatic heterocycles. The lowest BCUT2D eigenvalue weighted by Crippen LogP contribution is -2.49. The molecule has 2 heterocycles. The number of hydrogen-bond acceptors (Lipinski definition) is 4. The lowest BCUT2D eigenvalue weighted by atomic mass is 10.2. The number of methoxy groups -OCH3 is 1. The zero-order chi connectivity index (χ0) is 18.5. The largest absolute Gasteiger partial charge is 0.497 e. The Hall–Kier alpha value is -2.12. The summed E-state index contributed by atoms with van der Waals surface area (Å²) in [6.45, 7) is 9.95. The number of nitrogens with one attached hydrogen (secondary N) is 1. The van der Waals surface area contributed by atoms with Crippen molar-refractivity contribution in [1.82, 2.24) is 19.6 Å². The first kappa shape index (κ1) is 18.7. The molecule has 0 bridgehead atoms. The Morgan fingerprint density at radius 2 is 1.88 bits per heavy atom. The van der Waals surface area contributed by atoms with Crippen molar-refractivity contribution in [3.63, 3.8) is 0 Å². The van der Waals surface area contributed by atoms with Crippen LogP contribution in [0.2, 0.25) is 0 Å². The summed E-state index contributed by atoms with van der Waals surface area (Å²) in [5.41, 5.74) is 3.44. The van der Waals surface area contributed by atoms with E-state index in [1.54, 1.807) is 7.11 Å². The van der Waals surface area contributed by atoms with Crippen LogP contribution in [0.25, 0.3) is 0 Å². The number of rotatable bonds is 5. The fourth-order valence-electron chi connectivity index (χ4n) is 3.10. The highest BCUT2D eigenvalue weighted by Gasteiger charge is 2.20. The predicted octanol–water partition coefficient (Wildman–Crippen LogP) is 2.73. The van der Waals surface area contributed by atoms with Gasteiger partial charge >= 0.3 is 0 Å². The fraction of sp³-hybridized carbons (Fsp3) is 0.474. The average Bonchev–Trinajstić information content (AvgIpc) is 3.02. The first-order valence-corrected chi connectivity index (χ1v) is 9.45. The van der Waals surface area contributed by atoms with E-state index in [0.717, 1.165) is 61.5 Å². The first-order chi connectivity index (χ1) is 12.6. The molecule has 0 radical (unpaired) electrons. The van der Waals surface area contributed by atoms with Gasteiger partial charge in [-0.3, -0.25) is 9.58 Å². The van der Waals surface area contributed by atoms with Gasteiger partial charge in [-0.1, -0.05) is 0 Å². The molecule has 1 aliphatic rings. The first-order valence-electron chi connectivity index (χ1n) is 9.04. The third kappa shape index (κ3) is 4.53. The molecule has 7 heteroatoms. The highest BCUT2D eigenvalue weighted by molar-refractivity contribution is 7.80. The Kier molecular flexibility index (Phi) is 6.11. The minimum absolute atomic E-state index is 0.782. The number of aromatic nitrogens is 2. The Labute approximate surface area is 160 Å². The van der Waals surface area contributed by atoms with Crippen LogP contribution in [-0.4, -0.2) is 58.0 Å². The molecule has 0 unspecified atom stereocenters. The number of benzene rings is 1. The minimum atomic E-state index is 0.782. The Bertz CT molecular complexity index is 735. The highest BCUT2D eigenvalue weighted by atomic mass is 32.1. The van der Waals surface area contributed by atoms with Crippen molar-refractivity contribution in [3.8, 4) is 5.75 Å². The molecule has 0 aliphatic carbocycles. The number of ether oxygens (including phenoxy) is 1. The zero-order valence-corrected chi connectivity index (χ0v) is 16.6. The summed E-state index contributed by atoms with van der Waals surface area (Å²) in [4.78, 5) is 4.70. The van der Waals surface area contributed by atoms with E-state index in [-0.39, 0.29) is 0 Å². The quantitative estimate of drug-likeness (QED) is 0.813. The van der Waals surface area contributed by atoms with Gasteiger partial charge in [0.15, 0.2) is 5.11 Å². The van der Waals surface area contributed by atoms with Crippen molar-refractivity contribution < 1.29 is 4.74 Å². The van der Waals surface area contributed by atoms with Crippen LogP contribution < -0.4 is 10.1 Å². The second kappa shape index (κ2) is 8.51. The van der Waals surface area contributed by atoms with Gasteiger partial charge in [-0.05, 0) is 50.3 Å². The molecule has 26 heavy (non-hydrogen) atoms. The number of nitrogens with zero attached hydrogens (tertiary/aromatic N) is 4. The highest BCUT2D eigenvalue weighted by Crippen LogP contribution is 2.16. The molecule has 1 saturated heterocycles. The summed E-state index contributed by atoms with van der Waals surface area (Å²) in [5.74, 6) is 0.844. The van der Waals surface area contributed by atoms with Crippen LogP contribution in [0.3, 0.4) is 0 Å². The number of aryl methyl sites for hydroxylation is 2. The summed E-state index contributed by atoms with van der Waals surface area (Å²) in [6.07, 6.45) is 2.16. The second-order valence-electron chi connectivity index (χ2n) is 6.52.